The van der Waals surface area contributed by atoms with Gasteiger partial charge >= 0.3 is 36.6 Å². The average Bonchev–Trinajstić information content (AvgIpc) is 3.45. The molecule has 300 valence electrons. The zero-order valence-electron chi connectivity index (χ0n) is 26.2. The van der Waals surface area contributed by atoms with Crippen LogP contribution in [0.5, 0.6) is 0 Å². The number of carbonyl (C=O) groups excluding carboxylic acids is 2. The van der Waals surface area contributed by atoms with Crippen LogP contribution in [-0.4, -0.2) is 51.5 Å². The van der Waals surface area contributed by atoms with E-state index in [9.17, 15) is 79.1 Å². The van der Waals surface area contributed by atoms with E-state index in [0.29, 0.717) is 12.1 Å². The number of aromatic amines is 1. The molecule has 4 rings (SSSR count). The second-order valence-corrected chi connectivity index (χ2v) is 14.7. The van der Waals surface area contributed by atoms with Gasteiger partial charge in [-0.15, -0.1) is 0 Å². The number of halogens is 13. The highest BCUT2D eigenvalue weighted by Gasteiger charge is 2.43. The van der Waals surface area contributed by atoms with Crippen molar-refractivity contribution in [1.82, 2.24) is 14.7 Å². The van der Waals surface area contributed by atoms with Crippen molar-refractivity contribution in [2.24, 2.45) is 5.14 Å². The van der Waals surface area contributed by atoms with Crippen LogP contribution in [0.25, 0.3) is 11.0 Å². The molecule has 3 aromatic carbocycles. The Morgan fingerprint density at radius 1 is 0.818 bits per heavy atom. The number of nitrogens with zero attached hydrogens (tertiary/aromatic N) is 2. The van der Waals surface area contributed by atoms with Crippen molar-refractivity contribution >= 4 is 60.5 Å². The molecule has 0 spiro atoms. The quantitative estimate of drug-likeness (QED) is 0.0961. The number of fused-ring (bicyclic) bond motifs is 1. The molecule has 1 aromatic heterocycles. The molecule has 0 radical (unpaired) electrons. The number of esters is 2. The normalized spacial score (nSPS) is 13.9. The summed E-state index contributed by atoms with van der Waals surface area (Å²) in [7, 11) is -10.5. The summed E-state index contributed by atoms with van der Waals surface area (Å²) in [5.74, 6) is -5.64. The third-order valence-corrected chi connectivity index (χ3v) is 9.76. The number of anilines is 1. The van der Waals surface area contributed by atoms with Crippen LogP contribution in [0.2, 0.25) is 5.02 Å². The minimum Gasteiger partial charge on any atom is -0.385 e. The monoisotopic (exact) mass is 863 g/mol. The predicted molar refractivity (Wildman–Crippen MR) is 163 cm³/mol. The van der Waals surface area contributed by atoms with Crippen molar-refractivity contribution in [3.63, 3.8) is 0 Å². The standard InChI is InChI=1S/C28H18ClF12N5O7S2/c29-17-5-12(1-4-21(17)46(55(42,51)52)11-22(47)53-24(48)28(39,40)41)6-20(23-43-18-3-2-13(25(30,31)32)10-19(18)44-23)45-54(49,50)16-8-14(26(33,34)35)7-15(9-16)27(36,37)38/h1-5,7-10,20,45H,6,11H2,(H,43,44)(H2,42,51,52). The minimum atomic E-state index is -5.67. The van der Waals surface area contributed by atoms with Gasteiger partial charge in [0.25, 0.3) is 10.2 Å². The van der Waals surface area contributed by atoms with E-state index in [-0.39, 0.29) is 33.6 Å². The molecule has 4 aromatic rings. The lowest BCUT2D eigenvalue weighted by molar-refractivity contribution is -0.201. The maximum Gasteiger partial charge on any atom is 0.491 e. The van der Waals surface area contributed by atoms with Crippen molar-refractivity contribution in [2.45, 2.75) is 42.1 Å². The first-order chi connectivity index (χ1) is 24.9. The molecular formula is C28H18ClF12N5O7S2. The largest absolute Gasteiger partial charge is 0.491 e. The number of nitrogens with two attached hydrogens (primary N) is 1. The van der Waals surface area contributed by atoms with Gasteiger partial charge in [-0.1, -0.05) is 17.7 Å². The fraction of sp³-hybridized carbons (Fsp3) is 0.250. The van der Waals surface area contributed by atoms with E-state index in [2.05, 4.69) is 14.7 Å². The third kappa shape index (κ3) is 10.6. The van der Waals surface area contributed by atoms with E-state index in [1.54, 1.807) is 0 Å². The van der Waals surface area contributed by atoms with E-state index >= 15 is 0 Å². The lowest BCUT2D eigenvalue weighted by Gasteiger charge is -2.23. The van der Waals surface area contributed by atoms with Crippen molar-refractivity contribution < 1.29 is 83.8 Å². The predicted octanol–water partition coefficient (Wildman–Crippen LogP) is 6.18. The van der Waals surface area contributed by atoms with Crippen LogP contribution in [0.15, 0.2) is 59.5 Å². The number of alkyl halides is 12. The molecule has 0 aliphatic rings. The van der Waals surface area contributed by atoms with Gasteiger partial charge < -0.3 is 9.72 Å². The first kappa shape index (κ1) is 43.1. The van der Waals surface area contributed by atoms with Crippen LogP contribution >= 0.6 is 11.6 Å². The van der Waals surface area contributed by atoms with Gasteiger partial charge in [0.2, 0.25) is 10.0 Å². The fourth-order valence-corrected chi connectivity index (χ4v) is 6.98. The Morgan fingerprint density at radius 3 is 1.87 bits per heavy atom. The van der Waals surface area contributed by atoms with Crippen LogP contribution in [0, 0.1) is 0 Å². The van der Waals surface area contributed by atoms with Crippen LogP contribution < -0.4 is 14.2 Å². The number of sulfonamides is 1. The van der Waals surface area contributed by atoms with E-state index < -0.39 is 120 Å². The van der Waals surface area contributed by atoms with Gasteiger partial charge in [0, 0.05) is 0 Å². The number of benzene rings is 3. The van der Waals surface area contributed by atoms with Gasteiger partial charge in [0.15, 0.2) is 0 Å². The topological polar surface area (TPSA) is 182 Å². The number of hydrogen-bond donors (Lipinski definition) is 3. The molecule has 1 unspecified atom stereocenters. The molecule has 55 heavy (non-hydrogen) atoms. The molecule has 0 fully saturated rings. The van der Waals surface area contributed by atoms with Crippen molar-refractivity contribution in [3.05, 3.63) is 87.7 Å². The lowest BCUT2D eigenvalue weighted by Crippen LogP contribution is -2.42. The number of imidazole rings is 1. The van der Waals surface area contributed by atoms with Crippen LogP contribution in [0.4, 0.5) is 58.4 Å². The summed E-state index contributed by atoms with van der Waals surface area (Å²) in [5, 5.41) is 4.34. The molecule has 0 saturated carbocycles. The van der Waals surface area contributed by atoms with Gasteiger partial charge in [-0.2, -0.15) is 61.1 Å². The van der Waals surface area contributed by atoms with Crippen LogP contribution in [-0.2, 0) is 59.5 Å². The van der Waals surface area contributed by atoms with E-state index in [4.69, 9.17) is 16.7 Å². The second kappa shape index (κ2) is 14.8. The highest BCUT2D eigenvalue weighted by atomic mass is 35.5. The first-order valence-electron chi connectivity index (χ1n) is 14.2. The van der Waals surface area contributed by atoms with Crippen molar-refractivity contribution in [3.8, 4) is 0 Å². The minimum absolute atomic E-state index is 0.103. The molecule has 12 nitrogen and oxygen atoms in total. The van der Waals surface area contributed by atoms with Crippen LogP contribution in [0.3, 0.4) is 0 Å². The van der Waals surface area contributed by atoms with Gasteiger partial charge in [0.1, 0.15) is 12.4 Å². The molecular weight excluding hydrogens is 846 g/mol. The maximum atomic E-state index is 13.5. The Hall–Kier alpha value is -4.66. The Balaban J connectivity index is 1.79. The fourth-order valence-electron chi connectivity index (χ4n) is 4.64. The van der Waals surface area contributed by atoms with E-state index in [0.717, 1.165) is 24.3 Å². The number of rotatable bonds is 10. The number of ether oxygens (including phenoxy) is 1. The van der Waals surface area contributed by atoms with Gasteiger partial charge in [-0.25, -0.2) is 37.2 Å². The molecule has 0 aliphatic heterocycles. The van der Waals surface area contributed by atoms with Crippen LogP contribution in [0.1, 0.15) is 34.1 Å². The number of nitrogens with one attached hydrogen (secondary N) is 2. The Labute approximate surface area is 304 Å². The van der Waals surface area contributed by atoms with Gasteiger partial charge in [-0.05, 0) is 60.5 Å². The maximum absolute atomic E-state index is 13.5. The molecule has 4 N–H and O–H groups in total. The Morgan fingerprint density at radius 2 is 1.38 bits per heavy atom. The van der Waals surface area contributed by atoms with Crippen molar-refractivity contribution in [1.29, 1.82) is 0 Å². The molecule has 27 heteroatoms. The summed E-state index contributed by atoms with van der Waals surface area (Å²) in [4.78, 5) is 27.8. The summed E-state index contributed by atoms with van der Waals surface area (Å²) in [6, 6.07) is 2.04. The Bertz CT molecular complexity index is 2330. The summed E-state index contributed by atoms with van der Waals surface area (Å²) in [5.41, 5.74) is -6.76. The lowest BCUT2D eigenvalue weighted by atomic mass is 10.1. The molecule has 1 atom stereocenters. The Kier molecular flexibility index (Phi) is 11.6. The zero-order chi connectivity index (χ0) is 41.7. The number of hydrogen-bond acceptors (Lipinski definition) is 8. The molecule has 1 heterocycles. The summed E-state index contributed by atoms with van der Waals surface area (Å²) in [6.07, 6.45) is -22.3. The summed E-state index contributed by atoms with van der Waals surface area (Å²) >= 11 is 6.15. The van der Waals surface area contributed by atoms with Gasteiger partial charge in [-0.3, -0.25) is 0 Å². The van der Waals surface area contributed by atoms with Crippen molar-refractivity contribution in [2.75, 3.05) is 10.8 Å². The SMILES string of the molecule is NS(=O)(=O)N(CC(=O)OC(=O)C(F)(F)F)c1ccc(CC(NS(=O)(=O)c2cc(C(F)(F)F)cc(C(F)(F)F)c2)c2nc3cc(C(F)(F)F)ccc3[nH]2)cc1Cl. The second-order valence-electron chi connectivity index (χ2n) is 11.1. The number of aromatic nitrogens is 2. The smallest absolute Gasteiger partial charge is 0.385 e. The number of H-pyrrole nitrogens is 1. The third-order valence-electron chi connectivity index (χ3n) is 7.07. The number of carbonyl (C=O) groups is 2. The molecule has 0 amide bonds. The summed E-state index contributed by atoms with van der Waals surface area (Å²) < 4.78 is 215. The highest BCUT2D eigenvalue weighted by molar-refractivity contribution is 7.90. The molecule has 0 saturated heterocycles. The molecule has 0 aliphatic carbocycles. The zero-order valence-corrected chi connectivity index (χ0v) is 28.6. The highest BCUT2D eigenvalue weighted by Crippen LogP contribution is 2.38. The summed E-state index contributed by atoms with van der Waals surface area (Å²) in [6.45, 7) is -1.65. The average molecular weight is 864 g/mol. The first-order valence-corrected chi connectivity index (χ1v) is 17.5. The van der Waals surface area contributed by atoms with E-state index in [1.165, 1.54) is 0 Å². The van der Waals surface area contributed by atoms with Gasteiger partial charge in [0.05, 0.1) is 49.4 Å². The molecule has 0 bridgehead atoms. The van der Waals surface area contributed by atoms with E-state index in [1.807, 2.05) is 4.72 Å².